The average molecular weight is 464 g/mol. The highest BCUT2D eigenvalue weighted by Gasteiger charge is 2.47. The van der Waals surface area contributed by atoms with Gasteiger partial charge >= 0.3 is 12.1 Å². The summed E-state index contributed by atoms with van der Waals surface area (Å²) in [6, 6.07) is 3.59. The third-order valence-corrected chi connectivity index (χ3v) is 5.34. The van der Waals surface area contributed by atoms with E-state index < -0.39 is 72.8 Å². The van der Waals surface area contributed by atoms with Crippen LogP contribution in [-0.4, -0.2) is 51.3 Å². The number of carbonyl (C=O) groups is 4. The number of halogens is 4. The van der Waals surface area contributed by atoms with E-state index in [1.807, 2.05) is 5.32 Å². The van der Waals surface area contributed by atoms with Gasteiger partial charge in [-0.1, -0.05) is 12.1 Å². The molecule has 2 aromatic rings. The van der Waals surface area contributed by atoms with Crippen molar-refractivity contribution < 1.29 is 36.7 Å². The molecule has 2 heterocycles. The first-order valence-corrected chi connectivity index (χ1v) is 9.73. The largest absolute Gasteiger partial charge is 0.329 e. The molecular formula is C21H16F4N4O4. The molecule has 0 aromatic heterocycles. The Morgan fingerprint density at radius 3 is 2.00 bits per heavy atom. The van der Waals surface area contributed by atoms with Crippen molar-refractivity contribution in [2.24, 2.45) is 0 Å². The highest BCUT2D eigenvalue weighted by atomic mass is 19.1. The van der Waals surface area contributed by atoms with Gasteiger partial charge in [-0.05, 0) is 12.1 Å². The molecule has 6 amide bonds. The first-order valence-electron chi connectivity index (χ1n) is 9.73. The minimum atomic E-state index is -1.38. The summed E-state index contributed by atoms with van der Waals surface area (Å²) in [4.78, 5) is 52.6. The van der Waals surface area contributed by atoms with Gasteiger partial charge in [-0.2, -0.15) is 0 Å². The van der Waals surface area contributed by atoms with Crippen molar-refractivity contribution in [1.82, 2.24) is 20.0 Å². The molecule has 12 heteroatoms. The third-order valence-electron chi connectivity index (χ3n) is 5.34. The van der Waals surface area contributed by atoms with Gasteiger partial charge < -0.3 is 4.90 Å². The number of hydrogen-bond donors (Lipinski definition) is 1. The van der Waals surface area contributed by atoms with Gasteiger partial charge in [0.05, 0.1) is 19.5 Å². The maximum atomic E-state index is 14.2. The minimum Gasteiger partial charge on any atom is -0.310 e. The maximum Gasteiger partial charge on any atom is 0.329 e. The van der Waals surface area contributed by atoms with Crippen molar-refractivity contribution in [3.05, 3.63) is 70.8 Å². The molecule has 172 valence electrons. The predicted molar refractivity (Wildman–Crippen MR) is 103 cm³/mol. The van der Waals surface area contributed by atoms with Gasteiger partial charge in [0.15, 0.2) is 0 Å². The summed E-state index contributed by atoms with van der Waals surface area (Å²) in [7, 11) is 0. The van der Waals surface area contributed by atoms with Crippen molar-refractivity contribution in [3.8, 4) is 0 Å². The fraction of sp³-hybridized carbons (Fsp3) is 0.238. The van der Waals surface area contributed by atoms with E-state index in [4.69, 9.17) is 0 Å². The molecule has 0 radical (unpaired) electrons. The van der Waals surface area contributed by atoms with Crippen molar-refractivity contribution in [1.29, 1.82) is 0 Å². The number of carbonyl (C=O) groups excluding carboxylic acids is 4. The molecule has 8 nitrogen and oxygen atoms in total. The van der Waals surface area contributed by atoms with Crippen LogP contribution in [0.2, 0.25) is 0 Å². The van der Waals surface area contributed by atoms with Crippen molar-refractivity contribution >= 4 is 23.9 Å². The van der Waals surface area contributed by atoms with Gasteiger partial charge in [-0.25, -0.2) is 32.1 Å². The molecule has 2 aliphatic heterocycles. The Balaban J connectivity index is 1.59. The number of urea groups is 2. The zero-order valence-corrected chi connectivity index (χ0v) is 16.9. The van der Waals surface area contributed by atoms with Crippen LogP contribution in [0, 0.1) is 23.3 Å². The lowest BCUT2D eigenvalue weighted by molar-refractivity contribution is -0.132. The van der Waals surface area contributed by atoms with Gasteiger partial charge in [0.2, 0.25) is 5.91 Å². The topological polar surface area (TPSA) is 90.0 Å². The van der Waals surface area contributed by atoms with E-state index >= 15 is 0 Å². The molecule has 1 atom stereocenters. The molecule has 2 saturated heterocycles. The lowest BCUT2D eigenvalue weighted by Gasteiger charge is -2.39. The lowest BCUT2D eigenvalue weighted by atomic mass is 10.1. The number of nitrogens with one attached hydrogen (secondary N) is 1. The highest BCUT2D eigenvalue weighted by Crippen LogP contribution is 2.26. The summed E-state index contributed by atoms with van der Waals surface area (Å²) < 4.78 is 54.5. The number of hydrogen-bond acceptors (Lipinski definition) is 4. The van der Waals surface area contributed by atoms with Crippen LogP contribution in [0.5, 0.6) is 0 Å². The Labute approximate surface area is 184 Å². The predicted octanol–water partition coefficient (Wildman–Crippen LogP) is 2.48. The Kier molecular flexibility index (Phi) is 5.75. The first-order chi connectivity index (χ1) is 15.6. The lowest BCUT2D eigenvalue weighted by Crippen LogP contribution is -2.61. The standard InChI is InChI=1S/C21H16F4N4O4/c22-13-3-1-11(15(24)5-13)8-27-10-19(31)29(21(27)33)18-7-17(30)26-20(32)28(18)9-12-2-4-14(23)6-16(12)25/h1-6,18H,7-10H2,(H,26,30,32). The van der Waals surface area contributed by atoms with Gasteiger partial charge in [0.1, 0.15) is 36.0 Å². The zero-order valence-electron chi connectivity index (χ0n) is 16.9. The van der Waals surface area contributed by atoms with E-state index in [9.17, 15) is 36.7 Å². The van der Waals surface area contributed by atoms with Crippen LogP contribution in [0.4, 0.5) is 27.2 Å². The number of imide groups is 2. The van der Waals surface area contributed by atoms with Gasteiger partial charge in [0.25, 0.3) is 5.91 Å². The Hall–Kier alpha value is -3.96. The van der Waals surface area contributed by atoms with Crippen molar-refractivity contribution in [2.45, 2.75) is 25.7 Å². The SMILES string of the molecule is O=C1CC(N2C(=O)CN(Cc3ccc(F)cc3F)C2=O)N(Cc2ccc(F)cc2F)C(=O)N1. The van der Waals surface area contributed by atoms with Crippen LogP contribution < -0.4 is 5.32 Å². The molecule has 2 aromatic carbocycles. The van der Waals surface area contributed by atoms with Crippen LogP contribution in [0.3, 0.4) is 0 Å². The number of rotatable bonds is 5. The van der Waals surface area contributed by atoms with Crippen LogP contribution in [0.25, 0.3) is 0 Å². The number of benzene rings is 2. The molecule has 33 heavy (non-hydrogen) atoms. The quantitative estimate of drug-likeness (QED) is 0.544. The summed E-state index contributed by atoms with van der Waals surface area (Å²) >= 11 is 0. The Morgan fingerprint density at radius 1 is 0.848 bits per heavy atom. The minimum absolute atomic E-state index is 0.0397. The fourth-order valence-corrected chi connectivity index (χ4v) is 3.73. The smallest absolute Gasteiger partial charge is 0.310 e. The van der Waals surface area contributed by atoms with Crippen LogP contribution in [0.1, 0.15) is 17.5 Å². The van der Waals surface area contributed by atoms with E-state index in [0.717, 1.165) is 34.1 Å². The van der Waals surface area contributed by atoms with E-state index in [2.05, 4.69) is 0 Å². The normalized spacial score (nSPS) is 18.9. The summed E-state index contributed by atoms with van der Waals surface area (Å²) in [6.45, 7) is -1.28. The molecule has 0 saturated carbocycles. The van der Waals surface area contributed by atoms with Gasteiger partial charge in [-0.15, -0.1) is 0 Å². The van der Waals surface area contributed by atoms with E-state index in [1.165, 1.54) is 0 Å². The maximum absolute atomic E-state index is 14.2. The summed E-state index contributed by atoms with van der Waals surface area (Å²) in [5.41, 5.74) is -0.141. The molecule has 1 unspecified atom stereocenters. The van der Waals surface area contributed by atoms with Crippen molar-refractivity contribution in [2.75, 3.05) is 6.54 Å². The van der Waals surface area contributed by atoms with E-state index in [1.54, 1.807) is 0 Å². The Bertz CT molecular complexity index is 1170. The zero-order chi connectivity index (χ0) is 23.9. The molecular weight excluding hydrogens is 448 g/mol. The van der Waals surface area contributed by atoms with Crippen molar-refractivity contribution in [3.63, 3.8) is 0 Å². The molecule has 4 rings (SSSR count). The Morgan fingerprint density at radius 2 is 1.42 bits per heavy atom. The molecule has 0 spiro atoms. The summed E-state index contributed by atoms with van der Waals surface area (Å²) in [6.07, 6.45) is -1.84. The second-order valence-corrected chi connectivity index (χ2v) is 7.54. The van der Waals surface area contributed by atoms with Crippen LogP contribution >= 0.6 is 0 Å². The highest BCUT2D eigenvalue weighted by molar-refractivity contribution is 6.04. The van der Waals surface area contributed by atoms with E-state index in [-0.39, 0.29) is 17.7 Å². The summed E-state index contributed by atoms with van der Waals surface area (Å²) in [5, 5.41) is 2.03. The number of amides is 6. The van der Waals surface area contributed by atoms with E-state index in [0.29, 0.717) is 17.0 Å². The second-order valence-electron chi connectivity index (χ2n) is 7.54. The molecule has 2 fully saturated rings. The molecule has 2 aliphatic rings. The number of nitrogens with zero attached hydrogens (tertiary/aromatic N) is 3. The first kappa shape index (κ1) is 22.2. The third kappa shape index (κ3) is 4.36. The molecule has 0 bridgehead atoms. The second kappa shape index (κ2) is 8.52. The van der Waals surface area contributed by atoms with Gasteiger partial charge in [0, 0.05) is 23.3 Å². The molecule has 0 aliphatic carbocycles. The van der Waals surface area contributed by atoms with Crippen LogP contribution in [0.15, 0.2) is 36.4 Å². The average Bonchev–Trinajstić information content (AvgIpc) is 3.00. The fourth-order valence-electron chi connectivity index (χ4n) is 3.73. The van der Waals surface area contributed by atoms with Crippen LogP contribution in [-0.2, 0) is 22.7 Å². The monoisotopic (exact) mass is 464 g/mol. The summed E-state index contributed by atoms with van der Waals surface area (Å²) in [5.74, 6) is -5.03. The molecule has 1 N–H and O–H groups in total. The van der Waals surface area contributed by atoms with Gasteiger partial charge in [-0.3, -0.25) is 19.8 Å².